The highest BCUT2D eigenvalue weighted by atomic mass is 16.5. The summed E-state index contributed by atoms with van der Waals surface area (Å²) in [4.78, 5) is 15.9. The first-order valence-corrected chi connectivity index (χ1v) is 11.5. The highest BCUT2D eigenvalue weighted by molar-refractivity contribution is 6.21. The standard InChI is InChI=1S/C27H34N2O2/c1-19(2)18-28-22-11-7-10-21(15-22)26(14-20-8-5-4-6-9-20)27(30)31-25-16-23-12-13-24(17-25)29(23)3/h4-11,14-15,19,23-25,28H,12-13,16-18H2,1-3H3/b26-14+. The van der Waals surface area contributed by atoms with E-state index in [0.29, 0.717) is 23.6 Å². The van der Waals surface area contributed by atoms with Crippen molar-refractivity contribution in [2.75, 3.05) is 18.9 Å². The van der Waals surface area contributed by atoms with Crippen LogP contribution in [-0.2, 0) is 9.53 Å². The van der Waals surface area contributed by atoms with Gasteiger partial charge in [-0.3, -0.25) is 0 Å². The third kappa shape index (κ3) is 5.37. The molecule has 1 N–H and O–H groups in total. The summed E-state index contributed by atoms with van der Waals surface area (Å²) in [5.41, 5.74) is 3.53. The normalized spacial score (nSPS) is 23.7. The summed E-state index contributed by atoms with van der Waals surface area (Å²) in [5.74, 6) is 0.326. The van der Waals surface area contributed by atoms with E-state index in [9.17, 15) is 4.79 Å². The van der Waals surface area contributed by atoms with Gasteiger partial charge in [0, 0.05) is 37.2 Å². The first-order chi connectivity index (χ1) is 15.0. The van der Waals surface area contributed by atoms with E-state index in [1.807, 2.05) is 54.6 Å². The third-order valence-electron chi connectivity index (χ3n) is 6.55. The van der Waals surface area contributed by atoms with Gasteiger partial charge in [-0.25, -0.2) is 4.79 Å². The first-order valence-electron chi connectivity index (χ1n) is 11.5. The van der Waals surface area contributed by atoms with Crippen molar-refractivity contribution in [1.82, 2.24) is 4.90 Å². The van der Waals surface area contributed by atoms with Crippen molar-refractivity contribution in [3.8, 4) is 0 Å². The van der Waals surface area contributed by atoms with Gasteiger partial charge in [0.2, 0.25) is 0 Å². The fourth-order valence-corrected chi connectivity index (χ4v) is 4.77. The van der Waals surface area contributed by atoms with Crippen molar-refractivity contribution in [2.45, 2.75) is 57.7 Å². The molecular formula is C27H34N2O2. The molecule has 2 aliphatic rings. The molecule has 2 bridgehead atoms. The number of anilines is 1. The summed E-state index contributed by atoms with van der Waals surface area (Å²) >= 11 is 0. The van der Waals surface area contributed by atoms with Gasteiger partial charge in [-0.1, -0.05) is 56.3 Å². The highest BCUT2D eigenvalue weighted by Crippen LogP contribution is 2.36. The number of benzene rings is 2. The molecule has 4 rings (SSSR count). The van der Waals surface area contributed by atoms with E-state index < -0.39 is 0 Å². The Morgan fingerprint density at radius 1 is 1.10 bits per heavy atom. The van der Waals surface area contributed by atoms with E-state index in [-0.39, 0.29) is 12.1 Å². The molecule has 2 aliphatic heterocycles. The minimum atomic E-state index is -0.223. The number of rotatable bonds is 7. The molecule has 0 spiro atoms. The van der Waals surface area contributed by atoms with Gasteiger partial charge in [0.1, 0.15) is 6.10 Å². The summed E-state index contributed by atoms with van der Waals surface area (Å²) in [6, 6.07) is 19.2. The molecule has 31 heavy (non-hydrogen) atoms. The van der Waals surface area contributed by atoms with Crippen LogP contribution in [0.25, 0.3) is 11.6 Å². The molecule has 4 nitrogen and oxygen atoms in total. The maximum absolute atomic E-state index is 13.4. The third-order valence-corrected chi connectivity index (χ3v) is 6.55. The largest absolute Gasteiger partial charge is 0.459 e. The molecule has 2 aromatic rings. The van der Waals surface area contributed by atoms with Crippen molar-refractivity contribution in [1.29, 1.82) is 0 Å². The lowest BCUT2D eigenvalue weighted by Gasteiger charge is -2.35. The number of fused-ring (bicyclic) bond motifs is 2. The summed E-state index contributed by atoms with van der Waals surface area (Å²) in [7, 11) is 2.21. The average molecular weight is 419 g/mol. The SMILES string of the molecule is CC(C)CNc1cccc(/C(=C\c2ccccc2)C(=O)OC2CC3CCC(C2)N3C)c1. The molecule has 4 heteroatoms. The summed E-state index contributed by atoms with van der Waals surface area (Å²) < 4.78 is 6.09. The Morgan fingerprint density at radius 2 is 1.81 bits per heavy atom. The van der Waals surface area contributed by atoms with Gasteiger partial charge in [0.15, 0.2) is 0 Å². The Kier molecular flexibility index (Phi) is 6.77. The van der Waals surface area contributed by atoms with Crippen LogP contribution in [0.5, 0.6) is 0 Å². The minimum absolute atomic E-state index is 0.00243. The van der Waals surface area contributed by atoms with Crippen LogP contribution in [0.4, 0.5) is 5.69 Å². The van der Waals surface area contributed by atoms with Crippen LogP contribution in [-0.4, -0.2) is 42.6 Å². The zero-order chi connectivity index (χ0) is 21.8. The lowest BCUT2D eigenvalue weighted by atomic mass is 9.99. The van der Waals surface area contributed by atoms with Gasteiger partial charge in [-0.2, -0.15) is 0 Å². The molecule has 2 heterocycles. The summed E-state index contributed by atoms with van der Waals surface area (Å²) in [6.07, 6.45) is 6.26. The van der Waals surface area contributed by atoms with Crippen molar-refractivity contribution in [3.05, 3.63) is 65.7 Å². The Hall–Kier alpha value is -2.59. The van der Waals surface area contributed by atoms with Crippen molar-refractivity contribution >= 4 is 23.3 Å². The van der Waals surface area contributed by atoms with E-state index in [0.717, 1.165) is 36.2 Å². The first kappa shape index (κ1) is 21.6. The predicted molar refractivity (Wildman–Crippen MR) is 128 cm³/mol. The van der Waals surface area contributed by atoms with Crippen LogP contribution in [0.1, 0.15) is 50.7 Å². The second kappa shape index (κ2) is 9.69. The minimum Gasteiger partial charge on any atom is -0.459 e. The quantitative estimate of drug-likeness (QED) is 0.368. The van der Waals surface area contributed by atoms with Crippen LogP contribution in [0.15, 0.2) is 54.6 Å². The van der Waals surface area contributed by atoms with Crippen LogP contribution in [0.3, 0.4) is 0 Å². The number of carbonyl (C=O) groups is 1. The van der Waals surface area contributed by atoms with E-state index in [1.165, 1.54) is 12.8 Å². The molecule has 0 aliphatic carbocycles. The number of hydrogen-bond donors (Lipinski definition) is 1. The maximum atomic E-state index is 13.4. The van der Waals surface area contributed by atoms with Gasteiger partial charge in [0.05, 0.1) is 5.57 Å². The monoisotopic (exact) mass is 418 g/mol. The number of piperidine rings is 1. The fourth-order valence-electron chi connectivity index (χ4n) is 4.77. The molecule has 2 atom stereocenters. The molecular weight excluding hydrogens is 384 g/mol. The number of hydrogen-bond acceptors (Lipinski definition) is 4. The van der Waals surface area contributed by atoms with Crippen molar-refractivity contribution in [3.63, 3.8) is 0 Å². The number of nitrogens with one attached hydrogen (secondary N) is 1. The molecule has 2 unspecified atom stereocenters. The number of esters is 1. The topological polar surface area (TPSA) is 41.6 Å². The van der Waals surface area contributed by atoms with Crippen LogP contribution in [0, 0.1) is 5.92 Å². The van der Waals surface area contributed by atoms with Gasteiger partial charge >= 0.3 is 5.97 Å². The maximum Gasteiger partial charge on any atom is 0.339 e. The molecule has 0 radical (unpaired) electrons. The second-order valence-electron chi connectivity index (χ2n) is 9.37. The fraction of sp³-hybridized carbons (Fsp3) is 0.444. The number of ether oxygens (including phenoxy) is 1. The van der Waals surface area contributed by atoms with Crippen LogP contribution < -0.4 is 5.32 Å². The summed E-state index contributed by atoms with van der Waals surface area (Å²) in [6.45, 7) is 5.26. The Balaban J connectivity index is 1.57. The number of nitrogens with zero attached hydrogens (tertiary/aromatic N) is 1. The second-order valence-corrected chi connectivity index (χ2v) is 9.37. The Labute approximate surface area is 186 Å². The van der Waals surface area contributed by atoms with Gasteiger partial charge < -0.3 is 15.0 Å². The lowest BCUT2D eigenvalue weighted by molar-refractivity contribution is -0.144. The van der Waals surface area contributed by atoms with Crippen molar-refractivity contribution in [2.24, 2.45) is 5.92 Å². The molecule has 2 fully saturated rings. The zero-order valence-corrected chi connectivity index (χ0v) is 18.9. The highest BCUT2D eigenvalue weighted by Gasteiger charge is 2.40. The zero-order valence-electron chi connectivity index (χ0n) is 18.9. The van der Waals surface area contributed by atoms with Crippen molar-refractivity contribution < 1.29 is 9.53 Å². The summed E-state index contributed by atoms with van der Waals surface area (Å²) in [5, 5.41) is 3.46. The average Bonchev–Trinajstić information content (AvgIpc) is 2.97. The predicted octanol–water partition coefficient (Wildman–Crippen LogP) is 5.46. The molecule has 0 aromatic heterocycles. The van der Waals surface area contributed by atoms with Gasteiger partial charge in [-0.15, -0.1) is 0 Å². The van der Waals surface area contributed by atoms with Crippen LogP contribution in [0.2, 0.25) is 0 Å². The van der Waals surface area contributed by atoms with Gasteiger partial charge in [0.25, 0.3) is 0 Å². The van der Waals surface area contributed by atoms with Gasteiger partial charge in [-0.05, 0) is 55.1 Å². The Morgan fingerprint density at radius 3 is 2.48 bits per heavy atom. The van der Waals surface area contributed by atoms with E-state index in [1.54, 1.807) is 0 Å². The van der Waals surface area contributed by atoms with Crippen LogP contribution >= 0.6 is 0 Å². The molecule has 2 saturated heterocycles. The lowest BCUT2D eigenvalue weighted by Crippen LogP contribution is -2.43. The molecule has 2 aromatic carbocycles. The van der Waals surface area contributed by atoms with E-state index in [2.05, 4.69) is 37.2 Å². The molecule has 164 valence electrons. The molecule has 0 saturated carbocycles. The van der Waals surface area contributed by atoms with E-state index >= 15 is 0 Å². The van der Waals surface area contributed by atoms with E-state index in [4.69, 9.17) is 4.74 Å². The molecule has 0 amide bonds. The number of carbonyl (C=O) groups excluding carboxylic acids is 1. The smallest absolute Gasteiger partial charge is 0.339 e. The Bertz CT molecular complexity index is 908.